The van der Waals surface area contributed by atoms with Gasteiger partial charge in [-0.25, -0.2) is 0 Å². The number of rotatable bonds is 2. The first-order valence-corrected chi connectivity index (χ1v) is 6.42. The van der Waals surface area contributed by atoms with Crippen LogP contribution in [0.1, 0.15) is 44.9 Å². The van der Waals surface area contributed by atoms with Gasteiger partial charge in [-0.05, 0) is 51.6 Å². The highest BCUT2D eigenvalue weighted by Crippen LogP contribution is 2.28. The van der Waals surface area contributed by atoms with Crippen molar-refractivity contribution < 1.29 is 0 Å². The SMILES string of the molecule is C1CCN2CCC(NC3CC3)CC2C1. The smallest absolute Gasteiger partial charge is 0.0110 e. The molecule has 2 saturated heterocycles. The van der Waals surface area contributed by atoms with E-state index in [1.165, 1.54) is 58.0 Å². The molecule has 1 saturated carbocycles. The monoisotopic (exact) mass is 194 g/mol. The van der Waals surface area contributed by atoms with Gasteiger partial charge in [0.25, 0.3) is 0 Å². The number of fused-ring (bicyclic) bond motifs is 1. The number of nitrogens with one attached hydrogen (secondary N) is 1. The van der Waals surface area contributed by atoms with Gasteiger partial charge >= 0.3 is 0 Å². The van der Waals surface area contributed by atoms with E-state index in [-0.39, 0.29) is 0 Å². The molecule has 3 rings (SSSR count). The lowest BCUT2D eigenvalue weighted by atomic mass is 9.90. The number of hydrogen-bond acceptors (Lipinski definition) is 2. The summed E-state index contributed by atoms with van der Waals surface area (Å²) in [6.07, 6.45) is 10.1. The molecule has 14 heavy (non-hydrogen) atoms. The Morgan fingerprint density at radius 3 is 2.64 bits per heavy atom. The second-order valence-corrected chi connectivity index (χ2v) is 5.35. The molecule has 3 fully saturated rings. The molecule has 2 aliphatic heterocycles. The summed E-state index contributed by atoms with van der Waals surface area (Å²) >= 11 is 0. The maximum atomic E-state index is 3.80. The van der Waals surface area contributed by atoms with Gasteiger partial charge < -0.3 is 10.2 Å². The summed E-state index contributed by atoms with van der Waals surface area (Å²) in [6.45, 7) is 2.73. The molecule has 2 heterocycles. The van der Waals surface area contributed by atoms with Crippen LogP contribution in [0.4, 0.5) is 0 Å². The number of hydrogen-bond donors (Lipinski definition) is 1. The van der Waals surface area contributed by atoms with Crippen molar-refractivity contribution in [1.29, 1.82) is 0 Å². The van der Waals surface area contributed by atoms with E-state index in [2.05, 4.69) is 10.2 Å². The van der Waals surface area contributed by atoms with Crippen LogP contribution in [-0.2, 0) is 0 Å². The van der Waals surface area contributed by atoms with E-state index in [1.807, 2.05) is 0 Å². The molecule has 2 unspecified atom stereocenters. The standard InChI is InChI=1S/C12H22N2/c1-2-7-14-8-6-11(9-12(14)3-1)13-10-4-5-10/h10-13H,1-9H2. The van der Waals surface area contributed by atoms with Gasteiger partial charge in [0.2, 0.25) is 0 Å². The molecule has 0 radical (unpaired) electrons. The molecule has 1 N–H and O–H groups in total. The fourth-order valence-electron chi connectivity index (χ4n) is 3.12. The van der Waals surface area contributed by atoms with Crippen LogP contribution in [0.2, 0.25) is 0 Å². The van der Waals surface area contributed by atoms with Crippen LogP contribution in [-0.4, -0.2) is 36.1 Å². The fraction of sp³-hybridized carbons (Fsp3) is 1.00. The van der Waals surface area contributed by atoms with Crippen molar-refractivity contribution in [3.8, 4) is 0 Å². The lowest BCUT2D eigenvalue weighted by Gasteiger charge is -2.42. The van der Waals surface area contributed by atoms with E-state index < -0.39 is 0 Å². The van der Waals surface area contributed by atoms with Gasteiger partial charge in [-0.1, -0.05) is 6.42 Å². The molecule has 80 valence electrons. The average molecular weight is 194 g/mol. The minimum Gasteiger partial charge on any atom is -0.311 e. The maximum absolute atomic E-state index is 3.80. The Labute approximate surface area is 87.0 Å². The van der Waals surface area contributed by atoms with Crippen molar-refractivity contribution in [1.82, 2.24) is 10.2 Å². The van der Waals surface area contributed by atoms with E-state index in [4.69, 9.17) is 0 Å². The van der Waals surface area contributed by atoms with Crippen LogP contribution >= 0.6 is 0 Å². The molecule has 1 aliphatic carbocycles. The Hall–Kier alpha value is -0.0800. The first-order valence-electron chi connectivity index (χ1n) is 6.42. The summed E-state index contributed by atoms with van der Waals surface area (Å²) in [5.41, 5.74) is 0. The van der Waals surface area contributed by atoms with E-state index in [1.54, 1.807) is 0 Å². The molecule has 0 aromatic carbocycles. The highest BCUT2D eigenvalue weighted by atomic mass is 15.2. The van der Waals surface area contributed by atoms with Crippen molar-refractivity contribution in [2.45, 2.75) is 63.1 Å². The van der Waals surface area contributed by atoms with Crippen molar-refractivity contribution >= 4 is 0 Å². The fourth-order valence-corrected chi connectivity index (χ4v) is 3.12. The molecule has 0 aromatic heterocycles. The highest BCUT2D eigenvalue weighted by molar-refractivity contribution is 4.92. The summed E-state index contributed by atoms with van der Waals surface area (Å²) in [5.74, 6) is 0. The third-order valence-corrected chi connectivity index (χ3v) is 4.12. The highest BCUT2D eigenvalue weighted by Gasteiger charge is 2.32. The zero-order valence-corrected chi connectivity index (χ0v) is 9.04. The summed E-state index contributed by atoms with van der Waals surface area (Å²) in [7, 11) is 0. The molecule has 2 nitrogen and oxygen atoms in total. The Morgan fingerprint density at radius 2 is 1.79 bits per heavy atom. The Balaban J connectivity index is 1.53. The largest absolute Gasteiger partial charge is 0.311 e. The topological polar surface area (TPSA) is 15.3 Å². The summed E-state index contributed by atoms with van der Waals surface area (Å²) in [4.78, 5) is 2.73. The molecule has 0 aromatic rings. The zero-order chi connectivity index (χ0) is 9.38. The van der Waals surface area contributed by atoms with Gasteiger partial charge in [-0.15, -0.1) is 0 Å². The zero-order valence-electron chi connectivity index (χ0n) is 9.04. The second kappa shape index (κ2) is 3.82. The van der Waals surface area contributed by atoms with Crippen LogP contribution in [0.5, 0.6) is 0 Å². The number of piperidine rings is 2. The molecule has 2 heteroatoms. The summed E-state index contributed by atoms with van der Waals surface area (Å²) in [6, 6.07) is 2.67. The van der Waals surface area contributed by atoms with Crippen molar-refractivity contribution in [3.63, 3.8) is 0 Å². The first kappa shape index (κ1) is 9.17. The third kappa shape index (κ3) is 1.96. The molecule has 0 amide bonds. The second-order valence-electron chi connectivity index (χ2n) is 5.35. The predicted molar refractivity (Wildman–Crippen MR) is 58.4 cm³/mol. The van der Waals surface area contributed by atoms with Gasteiger partial charge in [-0.2, -0.15) is 0 Å². The Morgan fingerprint density at radius 1 is 0.857 bits per heavy atom. The van der Waals surface area contributed by atoms with Crippen molar-refractivity contribution in [2.24, 2.45) is 0 Å². The predicted octanol–water partition coefficient (Wildman–Crippen LogP) is 1.76. The van der Waals surface area contributed by atoms with Crippen LogP contribution in [0.25, 0.3) is 0 Å². The van der Waals surface area contributed by atoms with Crippen molar-refractivity contribution in [2.75, 3.05) is 13.1 Å². The van der Waals surface area contributed by atoms with Crippen LogP contribution in [0.15, 0.2) is 0 Å². The van der Waals surface area contributed by atoms with Gasteiger partial charge in [0, 0.05) is 18.1 Å². The average Bonchev–Trinajstić information content (AvgIpc) is 3.02. The Bertz CT molecular complexity index is 200. The van der Waals surface area contributed by atoms with Crippen LogP contribution in [0.3, 0.4) is 0 Å². The first-order chi connectivity index (χ1) is 6.92. The van der Waals surface area contributed by atoms with Gasteiger partial charge in [0.1, 0.15) is 0 Å². The quantitative estimate of drug-likeness (QED) is 0.720. The molecular weight excluding hydrogens is 172 g/mol. The number of nitrogens with zero attached hydrogens (tertiary/aromatic N) is 1. The van der Waals surface area contributed by atoms with Crippen LogP contribution < -0.4 is 5.32 Å². The molecular formula is C12H22N2. The normalized spacial score (nSPS) is 39.4. The van der Waals surface area contributed by atoms with E-state index in [0.29, 0.717) is 0 Å². The minimum atomic E-state index is 0.849. The maximum Gasteiger partial charge on any atom is 0.0110 e. The van der Waals surface area contributed by atoms with E-state index in [9.17, 15) is 0 Å². The molecule has 0 spiro atoms. The third-order valence-electron chi connectivity index (χ3n) is 4.12. The van der Waals surface area contributed by atoms with Gasteiger partial charge in [0.15, 0.2) is 0 Å². The Kier molecular flexibility index (Phi) is 2.50. The molecule has 3 aliphatic rings. The van der Waals surface area contributed by atoms with E-state index >= 15 is 0 Å². The van der Waals surface area contributed by atoms with Gasteiger partial charge in [0.05, 0.1) is 0 Å². The van der Waals surface area contributed by atoms with E-state index in [0.717, 1.165) is 18.1 Å². The van der Waals surface area contributed by atoms with Gasteiger partial charge in [-0.3, -0.25) is 0 Å². The summed E-state index contributed by atoms with van der Waals surface area (Å²) < 4.78 is 0. The summed E-state index contributed by atoms with van der Waals surface area (Å²) in [5, 5.41) is 3.80. The van der Waals surface area contributed by atoms with Crippen molar-refractivity contribution in [3.05, 3.63) is 0 Å². The lowest BCUT2D eigenvalue weighted by Crippen LogP contribution is -2.50. The molecule has 0 bridgehead atoms. The molecule has 2 atom stereocenters. The minimum absolute atomic E-state index is 0.849. The van der Waals surface area contributed by atoms with Crippen LogP contribution in [0, 0.1) is 0 Å². The lowest BCUT2D eigenvalue weighted by molar-refractivity contribution is 0.0895.